The van der Waals surface area contributed by atoms with Gasteiger partial charge < -0.3 is 5.32 Å². The zero-order valence-electron chi connectivity index (χ0n) is 8.91. The second kappa shape index (κ2) is 4.15. The molecule has 1 aromatic carbocycles. The van der Waals surface area contributed by atoms with E-state index in [1.54, 1.807) is 0 Å². The molecule has 1 aromatic heterocycles. The Balaban J connectivity index is 2.08. The Bertz CT molecular complexity index is 518. The number of halogens is 1. The van der Waals surface area contributed by atoms with Crippen molar-refractivity contribution >= 4 is 26.8 Å². The van der Waals surface area contributed by atoms with Gasteiger partial charge in [0.15, 0.2) is 0 Å². The van der Waals surface area contributed by atoms with E-state index in [2.05, 4.69) is 44.4 Å². The predicted molar refractivity (Wildman–Crippen MR) is 69.7 cm³/mol. The molecular formula is C13H13BrN2. The molecule has 3 heteroatoms. The minimum Gasteiger partial charge on any atom is -0.316 e. The molecule has 3 rings (SSSR count). The van der Waals surface area contributed by atoms with Crippen molar-refractivity contribution in [2.75, 3.05) is 13.1 Å². The fourth-order valence-electron chi connectivity index (χ4n) is 2.30. The standard InChI is InChI=1S/C13H13BrN2/c14-12-3-1-2-9-6-11(8-16-13(9)12)10-4-5-15-7-10/h1-3,6,8,10,15H,4-5,7H2. The van der Waals surface area contributed by atoms with Gasteiger partial charge in [0.1, 0.15) is 0 Å². The van der Waals surface area contributed by atoms with E-state index in [1.807, 2.05) is 12.3 Å². The van der Waals surface area contributed by atoms with E-state index in [4.69, 9.17) is 0 Å². The molecule has 82 valence electrons. The number of benzene rings is 1. The van der Waals surface area contributed by atoms with Gasteiger partial charge in [0.2, 0.25) is 0 Å². The molecule has 0 bridgehead atoms. The fraction of sp³-hybridized carbons (Fsp3) is 0.308. The molecule has 2 aromatic rings. The molecule has 1 atom stereocenters. The molecule has 2 heterocycles. The highest BCUT2D eigenvalue weighted by atomic mass is 79.9. The molecule has 1 fully saturated rings. The van der Waals surface area contributed by atoms with Crippen LogP contribution in [0.25, 0.3) is 10.9 Å². The van der Waals surface area contributed by atoms with Crippen molar-refractivity contribution in [3.05, 3.63) is 40.5 Å². The number of nitrogens with zero attached hydrogens (tertiary/aromatic N) is 1. The van der Waals surface area contributed by atoms with E-state index in [0.717, 1.165) is 23.1 Å². The van der Waals surface area contributed by atoms with Crippen LogP contribution < -0.4 is 5.32 Å². The number of aromatic nitrogens is 1. The number of fused-ring (bicyclic) bond motifs is 1. The monoisotopic (exact) mass is 276 g/mol. The summed E-state index contributed by atoms with van der Waals surface area (Å²) in [5, 5.41) is 4.61. The van der Waals surface area contributed by atoms with E-state index in [0.29, 0.717) is 5.92 Å². The number of para-hydroxylation sites is 1. The molecule has 0 amide bonds. The van der Waals surface area contributed by atoms with Gasteiger partial charge in [-0.3, -0.25) is 4.98 Å². The summed E-state index contributed by atoms with van der Waals surface area (Å²) >= 11 is 3.53. The maximum absolute atomic E-state index is 4.55. The van der Waals surface area contributed by atoms with Crippen molar-refractivity contribution in [2.45, 2.75) is 12.3 Å². The van der Waals surface area contributed by atoms with E-state index < -0.39 is 0 Å². The first-order valence-electron chi connectivity index (χ1n) is 5.59. The van der Waals surface area contributed by atoms with Crippen LogP contribution in [0.4, 0.5) is 0 Å². The summed E-state index contributed by atoms with van der Waals surface area (Å²) < 4.78 is 1.07. The Labute approximate surface area is 103 Å². The van der Waals surface area contributed by atoms with Gasteiger partial charge in [0.25, 0.3) is 0 Å². The Morgan fingerprint density at radius 3 is 3.12 bits per heavy atom. The second-order valence-electron chi connectivity index (χ2n) is 4.27. The zero-order chi connectivity index (χ0) is 11.0. The van der Waals surface area contributed by atoms with Crippen molar-refractivity contribution in [3.63, 3.8) is 0 Å². The molecule has 1 saturated heterocycles. The Morgan fingerprint density at radius 2 is 2.31 bits per heavy atom. The van der Waals surface area contributed by atoms with Crippen molar-refractivity contribution in [2.24, 2.45) is 0 Å². The van der Waals surface area contributed by atoms with E-state index in [1.165, 1.54) is 17.4 Å². The fourth-order valence-corrected chi connectivity index (χ4v) is 2.79. The summed E-state index contributed by atoms with van der Waals surface area (Å²) in [6, 6.07) is 8.49. The lowest BCUT2D eigenvalue weighted by atomic mass is 9.99. The van der Waals surface area contributed by atoms with Crippen LogP contribution >= 0.6 is 15.9 Å². The van der Waals surface area contributed by atoms with Crippen molar-refractivity contribution in [1.29, 1.82) is 0 Å². The summed E-state index contributed by atoms with van der Waals surface area (Å²) in [5.74, 6) is 0.635. The van der Waals surface area contributed by atoms with Gasteiger partial charge in [0.05, 0.1) is 5.52 Å². The molecule has 16 heavy (non-hydrogen) atoms. The van der Waals surface area contributed by atoms with Gasteiger partial charge in [-0.25, -0.2) is 0 Å². The summed E-state index contributed by atoms with van der Waals surface area (Å²) in [4.78, 5) is 4.55. The van der Waals surface area contributed by atoms with Crippen molar-refractivity contribution < 1.29 is 0 Å². The number of pyridine rings is 1. The zero-order valence-corrected chi connectivity index (χ0v) is 10.5. The van der Waals surface area contributed by atoms with Crippen LogP contribution in [0.3, 0.4) is 0 Å². The van der Waals surface area contributed by atoms with E-state index >= 15 is 0 Å². The largest absolute Gasteiger partial charge is 0.316 e. The number of hydrogen-bond acceptors (Lipinski definition) is 2. The third-order valence-electron chi connectivity index (χ3n) is 3.21. The smallest absolute Gasteiger partial charge is 0.0844 e. The molecule has 1 aliphatic heterocycles. The Hall–Kier alpha value is -0.930. The molecule has 1 aliphatic rings. The van der Waals surface area contributed by atoms with Crippen molar-refractivity contribution in [3.8, 4) is 0 Å². The summed E-state index contributed by atoms with van der Waals surface area (Å²) in [6.07, 6.45) is 3.24. The summed E-state index contributed by atoms with van der Waals surface area (Å²) in [6.45, 7) is 2.21. The first kappa shape index (κ1) is 10.2. The lowest BCUT2D eigenvalue weighted by Crippen LogP contribution is -2.08. The van der Waals surface area contributed by atoms with Gasteiger partial charge >= 0.3 is 0 Å². The second-order valence-corrected chi connectivity index (χ2v) is 5.12. The van der Waals surface area contributed by atoms with E-state index in [-0.39, 0.29) is 0 Å². The normalized spacial score (nSPS) is 20.4. The van der Waals surface area contributed by atoms with Crippen LogP contribution in [0.2, 0.25) is 0 Å². The van der Waals surface area contributed by atoms with Gasteiger partial charge in [-0.1, -0.05) is 12.1 Å². The predicted octanol–water partition coefficient (Wildman–Crippen LogP) is 3.07. The quantitative estimate of drug-likeness (QED) is 0.866. The molecule has 0 saturated carbocycles. The molecule has 1 unspecified atom stereocenters. The van der Waals surface area contributed by atoms with Crippen LogP contribution in [0.5, 0.6) is 0 Å². The van der Waals surface area contributed by atoms with Crippen LogP contribution in [-0.4, -0.2) is 18.1 Å². The molecular weight excluding hydrogens is 264 g/mol. The SMILES string of the molecule is Brc1cccc2cc(C3CCNC3)cnc12. The highest BCUT2D eigenvalue weighted by Crippen LogP contribution is 2.27. The molecule has 0 spiro atoms. The number of nitrogens with one attached hydrogen (secondary N) is 1. The van der Waals surface area contributed by atoms with Crippen molar-refractivity contribution in [1.82, 2.24) is 10.3 Å². The number of rotatable bonds is 1. The molecule has 1 N–H and O–H groups in total. The lowest BCUT2D eigenvalue weighted by Gasteiger charge is -2.09. The minimum absolute atomic E-state index is 0.635. The lowest BCUT2D eigenvalue weighted by molar-refractivity contribution is 0.761. The highest BCUT2D eigenvalue weighted by molar-refractivity contribution is 9.10. The van der Waals surface area contributed by atoms with Gasteiger partial charge in [-0.2, -0.15) is 0 Å². The maximum Gasteiger partial charge on any atom is 0.0844 e. The third kappa shape index (κ3) is 1.74. The summed E-state index contributed by atoms with van der Waals surface area (Å²) in [5.41, 5.74) is 2.41. The topological polar surface area (TPSA) is 24.9 Å². The van der Waals surface area contributed by atoms with E-state index in [9.17, 15) is 0 Å². The van der Waals surface area contributed by atoms with Crippen LogP contribution in [0.15, 0.2) is 34.9 Å². The molecule has 0 aliphatic carbocycles. The maximum atomic E-state index is 4.55. The first-order valence-corrected chi connectivity index (χ1v) is 6.39. The molecule has 2 nitrogen and oxygen atoms in total. The minimum atomic E-state index is 0.635. The molecule has 0 radical (unpaired) electrons. The Morgan fingerprint density at radius 1 is 1.38 bits per heavy atom. The Kier molecular flexibility index (Phi) is 2.65. The third-order valence-corrected chi connectivity index (χ3v) is 3.85. The van der Waals surface area contributed by atoms with Gasteiger partial charge in [0, 0.05) is 22.6 Å². The summed E-state index contributed by atoms with van der Waals surface area (Å²) in [7, 11) is 0. The number of hydrogen-bond donors (Lipinski definition) is 1. The van der Waals surface area contributed by atoms with Crippen LogP contribution in [0, 0.1) is 0 Å². The van der Waals surface area contributed by atoms with Gasteiger partial charge in [-0.05, 0) is 52.5 Å². The van der Waals surface area contributed by atoms with Crippen LogP contribution in [-0.2, 0) is 0 Å². The van der Waals surface area contributed by atoms with Gasteiger partial charge in [-0.15, -0.1) is 0 Å². The average molecular weight is 277 g/mol. The average Bonchev–Trinajstić information content (AvgIpc) is 2.82. The first-order chi connectivity index (χ1) is 7.84. The highest BCUT2D eigenvalue weighted by Gasteiger charge is 2.17. The van der Waals surface area contributed by atoms with Crippen LogP contribution in [0.1, 0.15) is 17.9 Å².